The number of aromatic nitrogens is 1. The third-order valence-electron chi connectivity index (χ3n) is 3.94. The van der Waals surface area contributed by atoms with E-state index >= 15 is 0 Å². The molecule has 1 aromatic heterocycles. The van der Waals surface area contributed by atoms with Gasteiger partial charge in [0.25, 0.3) is 5.91 Å². The van der Waals surface area contributed by atoms with Gasteiger partial charge in [-0.15, -0.1) is 0 Å². The van der Waals surface area contributed by atoms with Gasteiger partial charge in [0.05, 0.1) is 19.0 Å². The molecule has 0 bridgehead atoms. The van der Waals surface area contributed by atoms with Crippen molar-refractivity contribution in [3.8, 4) is 5.75 Å². The zero-order chi connectivity index (χ0) is 15.5. The maximum atomic E-state index is 12.4. The molecule has 116 valence electrons. The zero-order valence-corrected chi connectivity index (χ0v) is 12.8. The minimum absolute atomic E-state index is 0.0883. The fraction of sp³-hybridized carbons (Fsp3) is 0.375. The van der Waals surface area contributed by atoms with Gasteiger partial charge in [0.2, 0.25) is 5.76 Å². The van der Waals surface area contributed by atoms with Gasteiger partial charge in [0.1, 0.15) is 5.75 Å². The molecule has 1 aromatic carbocycles. The van der Waals surface area contributed by atoms with Gasteiger partial charge in [-0.05, 0) is 19.1 Å². The Bertz CT molecular complexity index is 660. The molecule has 2 aromatic rings. The molecule has 0 spiro atoms. The van der Waals surface area contributed by atoms with E-state index in [4.69, 9.17) is 9.26 Å². The Morgan fingerprint density at radius 2 is 1.95 bits per heavy atom. The molecular formula is C16H19N3O3. The van der Waals surface area contributed by atoms with Crippen LogP contribution in [0.15, 0.2) is 35.0 Å². The molecule has 1 amide bonds. The van der Waals surface area contributed by atoms with Gasteiger partial charge in [-0.25, -0.2) is 0 Å². The van der Waals surface area contributed by atoms with Crippen molar-refractivity contribution in [2.75, 3.05) is 38.2 Å². The number of ether oxygens (including phenoxy) is 1. The summed E-state index contributed by atoms with van der Waals surface area (Å²) >= 11 is 0. The minimum atomic E-state index is -0.0883. The predicted octanol–water partition coefficient (Wildman–Crippen LogP) is 1.95. The van der Waals surface area contributed by atoms with Crippen molar-refractivity contribution >= 4 is 11.6 Å². The van der Waals surface area contributed by atoms with Crippen LogP contribution >= 0.6 is 0 Å². The standard InChI is InChI=1S/C16H19N3O3/c1-12-11-17-22-15(12)16(20)19-9-7-18(8-10-19)13-5-3-4-6-14(13)21-2/h3-6,11H,7-10H2,1-2H3. The van der Waals surface area contributed by atoms with E-state index in [2.05, 4.69) is 10.1 Å². The van der Waals surface area contributed by atoms with Gasteiger partial charge >= 0.3 is 0 Å². The molecule has 0 radical (unpaired) electrons. The first-order chi connectivity index (χ1) is 10.7. The molecule has 0 saturated carbocycles. The maximum Gasteiger partial charge on any atom is 0.292 e. The zero-order valence-electron chi connectivity index (χ0n) is 12.8. The summed E-state index contributed by atoms with van der Waals surface area (Å²) in [6, 6.07) is 7.93. The molecule has 0 N–H and O–H groups in total. The van der Waals surface area contributed by atoms with Crippen LogP contribution in [0.1, 0.15) is 16.1 Å². The summed E-state index contributed by atoms with van der Waals surface area (Å²) in [7, 11) is 1.67. The Kier molecular flexibility index (Phi) is 4.00. The molecule has 6 heteroatoms. The largest absolute Gasteiger partial charge is 0.495 e. The lowest BCUT2D eigenvalue weighted by Gasteiger charge is -2.36. The summed E-state index contributed by atoms with van der Waals surface area (Å²) in [4.78, 5) is 16.4. The van der Waals surface area contributed by atoms with Crippen LogP contribution in [-0.4, -0.2) is 49.3 Å². The number of hydrogen-bond acceptors (Lipinski definition) is 5. The average molecular weight is 301 g/mol. The second kappa shape index (κ2) is 6.09. The highest BCUT2D eigenvalue weighted by molar-refractivity contribution is 5.92. The monoisotopic (exact) mass is 301 g/mol. The van der Waals surface area contributed by atoms with E-state index in [0.29, 0.717) is 18.8 Å². The van der Waals surface area contributed by atoms with Crippen LogP contribution in [0.4, 0.5) is 5.69 Å². The number of carbonyl (C=O) groups is 1. The van der Waals surface area contributed by atoms with Crippen LogP contribution in [0.5, 0.6) is 5.75 Å². The van der Waals surface area contributed by atoms with Crippen LogP contribution in [0, 0.1) is 6.92 Å². The number of methoxy groups -OCH3 is 1. The Hall–Kier alpha value is -2.50. The second-order valence-corrected chi connectivity index (χ2v) is 5.29. The van der Waals surface area contributed by atoms with E-state index in [1.807, 2.05) is 31.2 Å². The van der Waals surface area contributed by atoms with Gasteiger partial charge in [-0.3, -0.25) is 4.79 Å². The van der Waals surface area contributed by atoms with Gasteiger partial charge in [-0.2, -0.15) is 0 Å². The molecule has 1 fully saturated rings. The quantitative estimate of drug-likeness (QED) is 0.867. The molecule has 0 unspecified atom stereocenters. The molecule has 6 nitrogen and oxygen atoms in total. The minimum Gasteiger partial charge on any atom is -0.495 e. The molecule has 3 rings (SSSR count). The van der Waals surface area contributed by atoms with Crippen LogP contribution in [0.2, 0.25) is 0 Å². The lowest BCUT2D eigenvalue weighted by molar-refractivity contribution is 0.0703. The summed E-state index contributed by atoms with van der Waals surface area (Å²) in [6.07, 6.45) is 1.57. The Morgan fingerprint density at radius 3 is 2.59 bits per heavy atom. The molecular weight excluding hydrogens is 282 g/mol. The number of benzene rings is 1. The first kappa shape index (κ1) is 14.4. The second-order valence-electron chi connectivity index (χ2n) is 5.29. The highest BCUT2D eigenvalue weighted by Gasteiger charge is 2.26. The van der Waals surface area contributed by atoms with Crippen molar-refractivity contribution in [1.82, 2.24) is 10.1 Å². The molecule has 1 aliphatic heterocycles. The number of carbonyl (C=O) groups excluding carboxylic acids is 1. The number of amides is 1. The maximum absolute atomic E-state index is 12.4. The number of piperazine rings is 1. The average Bonchev–Trinajstić information content (AvgIpc) is 3.00. The van der Waals surface area contributed by atoms with Gasteiger partial charge in [-0.1, -0.05) is 17.3 Å². The van der Waals surface area contributed by atoms with Crippen LogP contribution < -0.4 is 9.64 Å². The molecule has 2 heterocycles. The molecule has 1 aliphatic rings. The van der Waals surface area contributed by atoms with Crippen molar-refractivity contribution in [2.24, 2.45) is 0 Å². The van der Waals surface area contributed by atoms with Crippen molar-refractivity contribution in [1.29, 1.82) is 0 Å². The summed E-state index contributed by atoms with van der Waals surface area (Å²) in [5, 5.41) is 3.67. The van der Waals surface area contributed by atoms with Crippen LogP contribution in [-0.2, 0) is 0 Å². The number of aryl methyl sites for hydroxylation is 1. The van der Waals surface area contributed by atoms with E-state index in [1.165, 1.54) is 0 Å². The number of anilines is 1. The smallest absolute Gasteiger partial charge is 0.292 e. The van der Waals surface area contributed by atoms with E-state index in [0.717, 1.165) is 30.1 Å². The van der Waals surface area contributed by atoms with Crippen molar-refractivity contribution in [3.63, 3.8) is 0 Å². The first-order valence-electron chi connectivity index (χ1n) is 7.29. The fourth-order valence-corrected chi connectivity index (χ4v) is 2.68. The summed E-state index contributed by atoms with van der Waals surface area (Å²) in [5.41, 5.74) is 1.84. The van der Waals surface area contributed by atoms with Crippen LogP contribution in [0.25, 0.3) is 0 Å². The van der Waals surface area contributed by atoms with Crippen molar-refractivity contribution in [2.45, 2.75) is 6.92 Å². The van der Waals surface area contributed by atoms with E-state index in [9.17, 15) is 4.79 Å². The number of rotatable bonds is 3. The summed E-state index contributed by atoms with van der Waals surface area (Å²) in [6.45, 7) is 4.65. The molecule has 22 heavy (non-hydrogen) atoms. The topological polar surface area (TPSA) is 58.8 Å². The Morgan fingerprint density at radius 1 is 1.23 bits per heavy atom. The predicted molar refractivity (Wildman–Crippen MR) is 82.4 cm³/mol. The Labute approximate surface area is 129 Å². The van der Waals surface area contributed by atoms with E-state index in [-0.39, 0.29) is 5.91 Å². The van der Waals surface area contributed by atoms with Gasteiger partial charge in [0, 0.05) is 31.7 Å². The molecule has 0 aliphatic carbocycles. The molecule has 0 atom stereocenters. The highest BCUT2D eigenvalue weighted by Crippen LogP contribution is 2.28. The van der Waals surface area contributed by atoms with Gasteiger partial charge in [0.15, 0.2) is 0 Å². The Balaban J connectivity index is 1.68. The highest BCUT2D eigenvalue weighted by atomic mass is 16.5. The lowest BCUT2D eigenvalue weighted by atomic mass is 10.2. The van der Waals surface area contributed by atoms with Crippen molar-refractivity contribution in [3.05, 3.63) is 41.8 Å². The van der Waals surface area contributed by atoms with E-state index < -0.39 is 0 Å². The lowest BCUT2D eigenvalue weighted by Crippen LogP contribution is -2.48. The number of hydrogen-bond donors (Lipinski definition) is 0. The molecule has 1 saturated heterocycles. The fourth-order valence-electron chi connectivity index (χ4n) is 2.68. The van der Waals surface area contributed by atoms with Gasteiger partial charge < -0.3 is 19.1 Å². The third-order valence-corrected chi connectivity index (χ3v) is 3.94. The van der Waals surface area contributed by atoms with E-state index in [1.54, 1.807) is 18.2 Å². The summed E-state index contributed by atoms with van der Waals surface area (Å²) < 4.78 is 10.5. The number of para-hydroxylation sites is 2. The van der Waals surface area contributed by atoms with Crippen LogP contribution in [0.3, 0.4) is 0 Å². The SMILES string of the molecule is COc1ccccc1N1CCN(C(=O)c2oncc2C)CC1. The normalized spacial score (nSPS) is 15.0. The number of nitrogens with zero attached hydrogens (tertiary/aromatic N) is 3. The summed E-state index contributed by atoms with van der Waals surface area (Å²) in [5.74, 6) is 1.11. The third kappa shape index (κ3) is 2.64. The first-order valence-corrected chi connectivity index (χ1v) is 7.29. The van der Waals surface area contributed by atoms with Crippen molar-refractivity contribution < 1.29 is 14.1 Å².